The minimum atomic E-state index is 0.0850. The molecule has 0 N–H and O–H groups in total. The fourth-order valence-corrected chi connectivity index (χ4v) is 2.91. The zero-order valence-electron chi connectivity index (χ0n) is 13.2. The Balaban J connectivity index is 1.58. The smallest absolute Gasteiger partial charge is 0.257 e. The number of piperazine rings is 1. The van der Waals surface area contributed by atoms with Crippen LogP contribution in [0.1, 0.15) is 27.2 Å². The van der Waals surface area contributed by atoms with Crippen molar-refractivity contribution in [2.45, 2.75) is 20.4 Å². The fraction of sp³-hybridized carbons (Fsp3) is 0.389. The van der Waals surface area contributed by atoms with Gasteiger partial charge in [0.1, 0.15) is 5.76 Å². The summed E-state index contributed by atoms with van der Waals surface area (Å²) in [5.74, 6) is 0.786. The molecule has 4 nitrogen and oxygen atoms in total. The highest BCUT2D eigenvalue weighted by molar-refractivity contribution is 5.95. The van der Waals surface area contributed by atoms with Gasteiger partial charge >= 0.3 is 0 Å². The standard InChI is InChI=1S/C18H22N2O2/c1-14-5-3-4-6-16(14)13-19-8-10-20(11-9-19)18(21)17-7-12-22-15(17)2/h3-7,12H,8-11,13H2,1-2H3. The Labute approximate surface area is 131 Å². The van der Waals surface area contributed by atoms with Crippen molar-refractivity contribution in [2.24, 2.45) is 0 Å². The molecule has 2 aromatic rings. The summed E-state index contributed by atoms with van der Waals surface area (Å²) in [6.07, 6.45) is 1.58. The van der Waals surface area contributed by atoms with Gasteiger partial charge in [-0.15, -0.1) is 0 Å². The van der Waals surface area contributed by atoms with Gasteiger partial charge in [-0.05, 0) is 31.0 Å². The van der Waals surface area contributed by atoms with E-state index in [-0.39, 0.29) is 5.91 Å². The summed E-state index contributed by atoms with van der Waals surface area (Å²) in [6, 6.07) is 10.3. The van der Waals surface area contributed by atoms with Crippen molar-refractivity contribution in [1.29, 1.82) is 0 Å². The Bertz CT molecular complexity index is 655. The lowest BCUT2D eigenvalue weighted by atomic mass is 10.1. The van der Waals surface area contributed by atoms with Crippen molar-refractivity contribution in [3.63, 3.8) is 0 Å². The lowest BCUT2D eigenvalue weighted by Crippen LogP contribution is -2.48. The summed E-state index contributed by atoms with van der Waals surface area (Å²) in [7, 11) is 0. The topological polar surface area (TPSA) is 36.7 Å². The lowest BCUT2D eigenvalue weighted by Gasteiger charge is -2.35. The van der Waals surface area contributed by atoms with Crippen LogP contribution in [0.15, 0.2) is 41.0 Å². The zero-order valence-corrected chi connectivity index (χ0v) is 13.2. The maximum absolute atomic E-state index is 12.4. The summed E-state index contributed by atoms with van der Waals surface area (Å²) in [5.41, 5.74) is 3.38. The summed E-state index contributed by atoms with van der Waals surface area (Å²) in [4.78, 5) is 16.8. The second-order valence-corrected chi connectivity index (χ2v) is 5.89. The number of aryl methyl sites for hydroxylation is 2. The molecule has 0 aliphatic carbocycles. The molecule has 0 unspecified atom stereocenters. The van der Waals surface area contributed by atoms with E-state index in [0.717, 1.165) is 32.7 Å². The SMILES string of the molecule is Cc1ccccc1CN1CCN(C(=O)c2ccoc2C)CC1. The molecule has 1 aromatic carbocycles. The first-order valence-corrected chi connectivity index (χ1v) is 7.75. The highest BCUT2D eigenvalue weighted by Gasteiger charge is 2.24. The van der Waals surface area contributed by atoms with E-state index in [0.29, 0.717) is 11.3 Å². The molecule has 0 radical (unpaired) electrons. The first kappa shape index (κ1) is 14.9. The highest BCUT2D eigenvalue weighted by atomic mass is 16.3. The first-order chi connectivity index (χ1) is 10.6. The molecular formula is C18H22N2O2. The van der Waals surface area contributed by atoms with Gasteiger partial charge in [-0.1, -0.05) is 24.3 Å². The molecule has 1 aliphatic heterocycles. The van der Waals surface area contributed by atoms with Crippen molar-refractivity contribution < 1.29 is 9.21 Å². The number of rotatable bonds is 3. The second-order valence-electron chi connectivity index (χ2n) is 5.89. The Hall–Kier alpha value is -2.07. The number of carbonyl (C=O) groups excluding carboxylic acids is 1. The average Bonchev–Trinajstić information content (AvgIpc) is 2.96. The molecule has 0 spiro atoms. The van der Waals surface area contributed by atoms with Gasteiger partial charge in [0.2, 0.25) is 0 Å². The van der Waals surface area contributed by atoms with E-state index in [1.807, 2.05) is 11.8 Å². The minimum Gasteiger partial charge on any atom is -0.469 e. The molecule has 22 heavy (non-hydrogen) atoms. The van der Waals surface area contributed by atoms with Crippen LogP contribution in [0.3, 0.4) is 0 Å². The lowest BCUT2D eigenvalue weighted by molar-refractivity contribution is 0.0626. The number of carbonyl (C=O) groups is 1. The summed E-state index contributed by atoms with van der Waals surface area (Å²) in [6.45, 7) is 8.32. The normalized spacial score (nSPS) is 16.0. The molecule has 1 amide bonds. The maximum atomic E-state index is 12.4. The van der Waals surface area contributed by atoms with E-state index in [2.05, 4.69) is 36.1 Å². The van der Waals surface area contributed by atoms with Gasteiger partial charge < -0.3 is 9.32 Å². The molecule has 116 valence electrons. The predicted molar refractivity (Wildman–Crippen MR) is 85.8 cm³/mol. The van der Waals surface area contributed by atoms with Crippen LogP contribution in [0, 0.1) is 13.8 Å². The Morgan fingerprint density at radius 1 is 1.09 bits per heavy atom. The van der Waals surface area contributed by atoms with E-state index < -0.39 is 0 Å². The molecule has 3 rings (SSSR count). The molecule has 2 heterocycles. The van der Waals surface area contributed by atoms with Crippen LogP contribution < -0.4 is 0 Å². The monoisotopic (exact) mass is 298 g/mol. The molecule has 0 saturated carbocycles. The van der Waals surface area contributed by atoms with Crippen LogP contribution in [0.2, 0.25) is 0 Å². The highest BCUT2D eigenvalue weighted by Crippen LogP contribution is 2.16. The number of nitrogens with zero attached hydrogens (tertiary/aromatic N) is 2. The minimum absolute atomic E-state index is 0.0850. The van der Waals surface area contributed by atoms with Gasteiger partial charge in [-0.25, -0.2) is 0 Å². The van der Waals surface area contributed by atoms with Crippen LogP contribution >= 0.6 is 0 Å². The van der Waals surface area contributed by atoms with Gasteiger partial charge in [-0.3, -0.25) is 9.69 Å². The van der Waals surface area contributed by atoms with Crippen LogP contribution in [0.4, 0.5) is 0 Å². The molecular weight excluding hydrogens is 276 g/mol. The largest absolute Gasteiger partial charge is 0.469 e. The van der Waals surface area contributed by atoms with Crippen molar-refractivity contribution in [2.75, 3.05) is 26.2 Å². The molecule has 1 saturated heterocycles. The van der Waals surface area contributed by atoms with Crippen molar-refractivity contribution in [1.82, 2.24) is 9.80 Å². The van der Waals surface area contributed by atoms with E-state index in [9.17, 15) is 4.79 Å². The van der Waals surface area contributed by atoms with Crippen molar-refractivity contribution >= 4 is 5.91 Å². The van der Waals surface area contributed by atoms with Crippen LogP contribution in [-0.2, 0) is 6.54 Å². The molecule has 0 atom stereocenters. The van der Waals surface area contributed by atoms with E-state index >= 15 is 0 Å². The third kappa shape index (κ3) is 3.07. The molecule has 1 fully saturated rings. The number of furan rings is 1. The summed E-state index contributed by atoms with van der Waals surface area (Å²) < 4.78 is 5.23. The van der Waals surface area contributed by atoms with Gasteiger partial charge in [0.15, 0.2) is 0 Å². The molecule has 0 bridgehead atoms. The van der Waals surface area contributed by atoms with Crippen LogP contribution in [0.25, 0.3) is 0 Å². The number of amides is 1. The van der Waals surface area contributed by atoms with Gasteiger partial charge in [-0.2, -0.15) is 0 Å². The van der Waals surface area contributed by atoms with E-state index in [1.54, 1.807) is 12.3 Å². The number of benzene rings is 1. The molecule has 1 aromatic heterocycles. The van der Waals surface area contributed by atoms with Gasteiger partial charge in [0.25, 0.3) is 5.91 Å². The average molecular weight is 298 g/mol. The first-order valence-electron chi connectivity index (χ1n) is 7.75. The summed E-state index contributed by atoms with van der Waals surface area (Å²) >= 11 is 0. The van der Waals surface area contributed by atoms with Crippen molar-refractivity contribution in [3.05, 3.63) is 59.0 Å². The molecule has 4 heteroatoms. The van der Waals surface area contributed by atoms with Crippen LogP contribution in [-0.4, -0.2) is 41.9 Å². The van der Waals surface area contributed by atoms with Crippen molar-refractivity contribution in [3.8, 4) is 0 Å². The third-order valence-corrected chi connectivity index (χ3v) is 4.40. The Morgan fingerprint density at radius 3 is 2.45 bits per heavy atom. The van der Waals surface area contributed by atoms with Gasteiger partial charge in [0.05, 0.1) is 11.8 Å². The Morgan fingerprint density at radius 2 is 1.82 bits per heavy atom. The number of hydrogen-bond donors (Lipinski definition) is 0. The van der Waals surface area contributed by atoms with E-state index in [4.69, 9.17) is 4.42 Å². The predicted octanol–water partition coefficient (Wildman–Crippen LogP) is 2.85. The second kappa shape index (κ2) is 6.36. The maximum Gasteiger partial charge on any atom is 0.257 e. The van der Waals surface area contributed by atoms with Crippen LogP contribution in [0.5, 0.6) is 0 Å². The fourth-order valence-electron chi connectivity index (χ4n) is 2.91. The Kier molecular flexibility index (Phi) is 4.29. The summed E-state index contributed by atoms with van der Waals surface area (Å²) in [5, 5.41) is 0. The van der Waals surface area contributed by atoms with Gasteiger partial charge in [0, 0.05) is 32.7 Å². The third-order valence-electron chi connectivity index (χ3n) is 4.40. The molecule has 1 aliphatic rings. The zero-order chi connectivity index (χ0) is 15.5. The van der Waals surface area contributed by atoms with E-state index in [1.165, 1.54) is 11.1 Å². The quantitative estimate of drug-likeness (QED) is 0.874. The number of hydrogen-bond acceptors (Lipinski definition) is 3.